The second kappa shape index (κ2) is 5.70. The third-order valence-corrected chi connectivity index (χ3v) is 1.27. The first-order valence-corrected chi connectivity index (χ1v) is 4.87. The van der Waals surface area contributed by atoms with E-state index < -0.39 is 23.8 Å². The van der Waals surface area contributed by atoms with Crippen molar-refractivity contribution >= 4 is 11.9 Å². The summed E-state index contributed by atoms with van der Waals surface area (Å²) in [6.07, 6.45) is -0.629. The number of esters is 2. The molecule has 0 amide bonds. The highest BCUT2D eigenvalue weighted by Gasteiger charge is 2.17. The van der Waals surface area contributed by atoms with Crippen molar-refractivity contribution in [2.45, 2.75) is 52.4 Å². The minimum absolute atomic E-state index is 0.00352. The second-order valence-corrected chi connectivity index (χ2v) is 4.28. The Balaban J connectivity index is 3.77. The predicted octanol–water partition coefficient (Wildman–Crippen LogP) is 0.956. The summed E-state index contributed by atoms with van der Waals surface area (Å²) in [5.41, 5.74) is 4.72. The SMILES string of the molecule is CC(N)OC(=O)CCC(=O)OC(C)(C)C. The molecule has 0 saturated carbocycles. The molecule has 0 radical (unpaired) electrons. The summed E-state index contributed by atoms with van der Waals surface area (Å²) < 4.78 is 9.68. The Morgan fingerprint density at radius 1 is 1.20 bits per heavy atom. The van der Waals surface area contributed by atoms with Crippen molar-refractivity contribution in [3.63, 3.8) is 0 Å². The maximum Gasteiger partial charge on any atom is 0.307 e. The van der Waals surface area contributed by atoms with E-state index in [4.69, 9.17) is 10.5 Å². The fraction of sp³-hybridized carbons (Fsp3) is 0.800. The van der Waals surface area contributed by atoms with Gasteiger partial charge in [0.15, 0.2) is 0 Å². The molecule has 0 fully saturated rings. The van der Waals surface area contributed by atoms with Crippen LogP contribution >= 0.6 is 0 Å². The average molecular weight is 217 g/mol. The second-order valence-electron chi connectivity index (χ2n) is 4.28. The van der Waals surface area contributed by atoms with Crippen molar-refractivity contribution < 1.29 is 19.1 Å². The fourth-order valence-electron chi connectivity index (χ4n) is 0.863. The minimum Gasteiger partial charge on any atom is -0.460 e. The molecule has 5 nitrogen and oxygen atoms in total. The Hall–Kier alpha value is -1.10. The van der Waals surface area contributed by atoms with Gasteiger partial charge in [-0.25, -0.2) is 0 Å². The van der Waals surface area contributed by atoms with Gasteiger partial charge in [0.1, 0.15) is 11.8 Å². The monoisotopic (exact) mass is 217 g/mol. The first kappa shape index (κ1) is 13.9. The lowest BCUT2D eigenvalue weighted by molar-refractivity contribution is -0.159. The van der Waals surface area contributed by atoms with Crippen LogP contribution in [-0.4, -0.2) is 23.8 Å². The Kier molecular flexibility index (Phi) is 5.28. The molecule has 1 unspecified atom stereocenters. The number of nitrogens with two attached hydrogens (primary N) is 1. The molecule has 0 aromatic rings. The van der Waals surface area contributed by atoms with E-state index in [2.05, 4.69) is 4.74 Å². The molecular weight excluding hydrogens is 198 g/mol. The fourth-order valence-corrected chi connectivity index (χ4v) is 0.863. The smallest absolute Gasteiger partial charge is 0.307 e. The van der Waals surface area contributed by atoms with Crippen LogP contribution in [0.1, 0.15) is 40.5 Å². The largest absolute Gasteiger partial charge is 0.460 e. The van der Waals surface area contributed by atoms with Crippen molar-refractivity contribution in [1.29, 1.82) is 0 Å². The summed E-state index contributed by atoms with van der Waals surface area (Å²) in [6, 6.07) is 0. The lowest BCUT2D eigenvalue weighted by Crippen LogP contribution is -2.26. The maximum atomic E-state index is 11.2. The molecule has 0 spiro atoms. The lowest BCUT2D eigenvalue weighted by Gasteiger charge is -2.19. The van der Waals surface area contributed by atoms with Gasteiger partial charge in [0.05, 0.1) is 12.8 Å². The normalized spacial score (nSPS) is 13.1. The van der Waals surface area contributed by atoms with Gasteiger partial charge >= 0.3 is 11.9 Å². The van der Waals surface area contributed by atoms with Crippen LogP contribution in [0.2, 0.25) is 0 Å². The van der Waals surface area contributed by atoms with Crippen LogP contribution in [0.3, 0.4) is 0 Å². The van der Waals surface area contributed by atoms with Gasteiger partial charge in [-0.15, -0.1) is 0 Å². The lowest BCUT2D eigenvalue weighted by atomic mass is 10.2. The summed E-state index contributed by atoms with van der Waals surface area (Å²) >= 11 is 0. The highest BCUT2D eigenvalue weighted by atomic mass is 16.6. The molecule has 88 valence electrons. The minimum atomic E-state index is -0.642. The molecule has 0 heterocycles. The molecule has 0 saturated heterocycles. The Bertz CT molecular complexity index is 230. The molecule has 0 aliphatic carbocycles. The summed E-state index contributed by atoms with van der Waals surface area (Å²) in [5, 5.41) is 0. The number of carbonyl (C=O) groups excluding carboxylic acids is 2. The number of carbonyl (C=O) groups is 2. The van der Waals surface area contributed by atoms with Crippen LogP contribution in [0, 0.1) is 0 Å². The zero-order chi connectivity index (χ0) is 12.1. The van der Waals surface area contributed by atoms with E-state index >= 15 is 0 Å². The molecule has 0 rings (SSSR count). The molecule has 0 aliphatic rings. The summed E-state index contributed by atoms with van der Waals surface area (Å²) in [6.45, 7) is 6.85. The van der Waals surface area contributed by atoms with Gasteiger partial charge in [-0.3, -0.25) is 15.3 Å². The van der Waals surface area contributed by atoms with Crippen LogP contribution in [0.5, 0.6) is 0 Å². The third kappa shape index (κ3) is 9.21. The molecule has 0 aliphatic heterocycles. The zero-order valence-electron chi connectivity index (χ0n) is 9.70. The predicted molar refractivity (Wildman–Crippen MR) is 54.8 cm³/mol. The number of ether oxygens (including phenoxy) is 2. The van der Waals surface area contributed by atoms with E-state index in [1.165, 1.54) is 0 Å². The molecule has 0 bridgehead atoms. The third-order valence-electron chi connectivity index (χ3n) is 1.27. The van der Waals surface area contributed by atoms with Gasteiger partial charge in [-0.1, -0.05) is 0 Å². The highest BCUT2D eigenvalue weighted by molar-refractivity contribution is 5.77. The van der Waals surface area contributed by atoms with Crippen molar-refractivity contribution in [1.82, 2.24) is 0 Å². The van der Waals surface area contributed by atoms with E-state index in [9.17, 15) is 9.59 Å². The number of hydrogen-bond donors (Lipinski definition) is 1. The van der Waals surface area contributed by atoms with E-state index in [-0.39, 0.29) is 12.8 Å². The molecule has 2 N–H and O–H groups in total. The van der Waals surface area contributed by atoms with Gasteiger partial charge in [0, 0.05) is 0 Å². The Morgan fingerprint density at radius 3 is 2.07 bits per heavy atom. The van der Waals surface area contributed by atoms with Crippen LogP contribution in [0.15, 0.2) is 0 Å². The summed E-state index contributed by atoms with van der Waals surface area (Å²) in [5.74, 6) is -0.903. The number of rotatable bonds is 4. The van der Waals surface area contributed by atoms with Crippen molar-refractivity contribution in [2.75, 3.05) is 0 Å². The summed E-state index contributed by atoms with van der Waals surface area (Å²) in [7, 11) is 0. The Morgan fingerprint density at radius 2 is 1.67 bits per heavy atom. The standard InChI is InChI=1S/C10H19NO4/c1-7(11)14-8(12)5-6-9(13)15-10(2,3)4/h7H,5-6,11H2,1-4H3. The van der Waals surface area contributed by atoms with Gasteiger partial charge in [0.2, 0.25) is 0 Å². The van der Waals surface area contributed by atoms with Crippen molar-refractivity contribution in [3.05, 3.63) is 0 Å². The topological polar surface area (TPSA) is 78.6 Å². The first-order valence-electron chi connectivity index (χ1n) is 4.87. The molecule has 1 atom stereocenters. The molecule has 0 aromatic carbocycles. The van der Waals surface area contributed by atoms with Gasteiger partial charge < -0.3 is 9.47 Å². The highest BCUT2D eigenvalue weighted by Crippen LogP contribution is 2.09. The molecule has 15 heavy (non-hydrogen) atoms. The van der Waals surface area contributed by atoms with Crippen molar-refractivity contribution in [2.24, 2.45) is 5.73 Å². The van der Waals surface area contributed by atoms with Gasteiger partial charge in [-0.2, -0.15) is 0 Å². The molecule has 0 aromatic heterocycles. The van der Waals surface area contributed by atoms with E-state index in [1.54, 1.807) is 27.7 Å². The van der Waals surface area contributed by atoms with Gasteiger partial charge in [-0.05, 0) is 27.7 Å². The average Bonchev–Trinajstić information content (AvgIpc) is 1.96. The molecular formula is C10H19NO4. The van der Waals surface area contributed by atoms with Crippen LogP contribution in [-0.2, 0) is 19.1 Å². The quantitative estimate of drug-likeness (QED) is 0.560. The molecule has 5 heteroatoms. The maximum absolute atomic E-state index is 11.2. The van der Waals surface area contributed by atoms with Crippen molar-refractivity contribution in [3.8, 4) is 0 Å². The zero-order valence-corrected chi connectivity index (χ0v) is 9.70. The number of hydrogen-bond acceptors (Lipinski definition) is 5. The van der Waals surface area contributed by atoms with Gasteiger partial charge in [0.25, 0.3) is 0 Å². The van der Waals surface area contributed by atoms with E-state index in [0.717, 1.165) is 0 Å². The Labute approximate surface area is 89.9 Å². The van der Waals surface area contributed by atoms with E-state index in [1.807, 2.05) is 0 Å². The van der Waals surface area contributed by atoms with Crippen LogP contribution in [0.4, 0.5) is 0 Å². The first-order chi connectivity index (χ1) is 6.70. The van der Waals surface area contributed by atoms with Crippen LogP contribution < -0.4 is 5.73 Å². The van der Waals surface area contributed by atoms with E-state index in [0.29, 0.717) is 0 Å². The summed E-state index contributed by atoms with van der Waals surface area (Å²) in [4.78, 5) is 22.2. The van der Waals surface area contributed by atoms with Crippen LogP contribution in [0.25, 0.3) is 0 Å².